The molecule has 3 rings (SSSR count). The van der Waals surface area contributed by atoms with Gasteiger partial charge in [-0.05, 0) is 0 Å². The van der Waals surface area contributed by atoms with Crippen molar-refractivity contribution in [3.63, 3.8) is 0 Å². The minimum Gasteiger partial charge on any atom is -0.394 e. The molecule has 0 spiro atoms. The molecule has 2 aromatic rings. The lowest BCUT2D eigenvalue weighted by molar-refractivity contribution is -0.0323. The zero-order valence-electron chi connectivity index (χ0n) is 9.78. The van der Waals surface area contributed by atoms with E-state index in [1.54, 1.807) is 0 Å². The fourth-order valence-corrected chi connectivity index (χ4v) is 2.18. The summed E-state index contributed by atoms with van der Waals surface area (Å²) in [5.74, 6) is -0.0484. The molecule has 3 heterocycles. The van der Waals surface area contributed by atoms with E-state index in [1.165, 1.54) is 10.9 Å². The van der Waals surface area contributed by atoms with Gasteiger partial charge in [0.1, 0.15) is 18.5 Å². The van der Waals surface area contributed by atoms with Crippen molar-refractivity contribution >= 4 is 17.1 Å². The number of alkyl halides is 1. The van der Waals surface area contributed by atoms with E-state index in [0.717, 1.165) is 0 Å². The predicted octanol–water partition coefficient (Wildman–Crippen LogP) is -0.680. The van der Waals surface area contributed by atoms with Crippen LogP contribution < -0.4 is 11.3 Å². The zero-order chi connectivity index (χ0) is 13.6. The smallest absolute Gasteiger partial charge is 0.280 e. The second kappa shape index (κ2) is 4.28. The fourth-order valence-electron chi connectivity index (χ4n) is 2.18. The Labute approximate surface area is 106 Å². The number of aliphatic hydroxyl groups is 1. The first-order valence-corrected chi connectivity index (χ1v) is 5.73. The molecule has 1 unspecified atom stereocenters. The Hall–Kier alpha value is -2.00. The van der Waals surface area contributed by atoms with Crippen LogP contribution in [-0.4, -0.2) is 43.5 Å². The summed E-state index contributed by atoms with van der Waals surface area (Å²) in [6.45, 7) is -0.402. The van der Waals surface area contributed by atoms with Gasteiger partial charge in [0, 0.05) is 6.42 Å². The molecule has 0 bridgehead atoms. The number of rotatable bonds is 2. The second-order valence-electron chi connectivity index (χ2n) is 4.34. The molecule has 1 aliphatic rings. The molecule has 0 aromatic carbocycles. The fraction of sp³-hybridized carbons (Fsp3) is 0.500. The van der Waals surface area contributed by atoms with Crippen molar-refractivity contribution < 1.29 is 14.2 Å². The zero-order valence-corrected chi connectivity index (χ0v) is 9.78. The maximum atomic E-state index is 13.6. The van der Waals surface area contributed by atoms with Crippen LogP contribution in [0.25, 0.3) is 11.2 Å². The van der Waals surface area contributed by atoms with E-state index >= 15 is 0 Å². The van der Waals surface area contributed by atoms with Crippen LogP contribution in [0.2, 0.25) is 0 Å². The average molecular weight is 269 g/mol. The second-order valence-corrected chi connectivity index (χ2v) is 4.34. The maximum Gasteiger partial charge on any atom is 0.280 e. The van der Waals surface area contributed by atoms with E-state index in [2.05, 4.69) is 15.0 Å². The van der Waals surface area contributed by atoms with Crippen molar-refractivity contribution in [2.24, 2.45) is 0 Å². The number of nitrogens with two attached hydrogens (primary N) is 1. The Bertz CT molecular complexity index is 669. The molecule has 0 radical (unpaired) electrons. The van der Waals surface area contributed by atoms with Crippen molar-refractivity contribution in [2.45, 2.75) is 24.9 Å². The largest absolute Gasteiger partial charge is 0.394 e. The van der Waals surface area contributed by atoms with Gasteiger partial charge in [-0.2, -0.15) is 4.98 Å². The number of nitrogens with one attached hydrogen (secondary N) is 1. The van der Waals surface area contributed by atoms with Gasteiger partial charge in [0.25, 0.3) is 5.56 Å². The number of hydrogen-bond donors (Lipinski definition) is 3. The van der Waals surface area contributed by atoms with Gasteiger partial charge >= 0.3 is 0 Å². The number of imidazole rings is 1. The molecule has 2 aromatic heterocycles. The summed E-state index contributed by atoms with van der Waals surface area (Å²) in [6.07, 6.45) is -1.39. The molecule has 19 heavy (non-hydrogen) atoms. The van der Waals surface area contributed by atoms with E-state index in [0.29, 0.717) is 0 Å². The van der Waals surface area contributed by atoms with Crippen LogP contribution in [0.3, 0.4) is 0 Å². The van der Waals surface area contributed by atoms with E-state index in [-0.39, 0.29) is 23.5 Å². The van der Waals surface area contributed by atoms with Crippen LogP contribution in [0.4, 0.5) is 10.3 Å². The van der Waals surface area contributed by atoms with Crippen LogP contribution in [0.5, 0.6) is 0 Å². The van der Waals surface area contributed by atoms with Gasteiger partial charge in [0.05, 0.1) is 12.9 Å². The lowest BCUT2D eigenvalue weighted by Gasteiger charge is -2.13. The van der Waals surface area contributed by atoms with E-state index in [4.69, 9.17) is 15.6 Å². The van der Waals surface area contributed by atoms with Crippen molar-refractivity contribution in [1.82, 2.24) is 19.5 Å². The summed E-state index contributed by atoms with van der Waals surface area (Å²) in [5, 5.41) is 8.97. The molecule has 3 atom stereocenters. The summed E-state index contributed by atoms with van der Waals surface area (Å²) >= 11 is 0. The van der Waals surface area contributed by atoms with E-state index in [9.17, 15) is 9.18 Å². The molecule has 0 aliphatic carbocycles. The van der Waals surface area contributed by atoms with Gasteiger partial charge < -0.3 is 15.6 Å². The number of aromatic amines is 1. The molecular formula is C10H12FN5O3. The summed E-state index contributed by atoms with van der Waals surface area (Å²) in [7, 11) is 0. The van der Waals surface area contributed by atoms with Crippen molar-refractivity contribution in [3.8, 4) is 0 Å². The Kier molecular flexibility index (Phi) is 2.72. The molecule has 1 fully saturated rings. The first-order valence-electron chi connectivity index (χ1n) is 5.73. The molecule has 0 saturated carbocycles. The number of aromatic nitrogens is 4. The van der Waals surface area contributed by atoms with Gasteiger partial charge in [-0.1, -0.05) is 0 Å². The van der Waals surface area contributed by atoms with Crippen LogP contribution in [0.15, 0.2) is 11.1 Å². The van der Waals surface area contributed by atoms with Crippen molar-refractivity contribution in [2.75, 3.05) is 12.3 Å². The van der Waals surface area contributed by atoms with Gasteiger partial charge in [-0.25, -0.2) is 9.37 Å². The SMILES string of the molecule is Nc1nc2c(ncn2[C@H]2CC(F)[C@@H](CO)O2)c(=O)[nH]1. The van der Waals surface area contributed by atoms with E-state index in [1.807, 2.05) is 0 Å². The summed E-state index contributed by atoms with van der Waals surface area (Å²) in [6, 6.07) is 0. The van der Waals surface area contributed by atoms with Crippen LogP contribution in [0, 0.1) is 0 Å². The number of ether oxygens (including phenoxy) is 1. The molecule has 8 nitrogen and oxygen atoms in total. The molecule has 102 valence electrons. The highest BCUT2D eigenvalue weighted by atomic mass is 19.1. The predicted molar refractivity (Wildman–Crippen MR) is 63.1 cm³/mol. The maximum absolute atomic E-state index is 13.6. The van der Waals surface area contributed by atoms with Gasteiger partial charge in [-0.15, -0.1) is 0 Å². The third kappa shape index (κ3) is 1.87. The molecule has 0 amide bonds. The lowest BCUT2D eigenvalue weighted by Crippen LogP contribution is -2.21. The van der Waals surface area contributed by atoms with Gasteiger partial charge in [-0.3, -0.25) is 14.3 Å². The third-order valence-electron chi connectivity index (χ3n) is 3.10. The summed E-state index contributed by atoms with van der Waals surface area (Å²) in [5.41, 5.74) is 5.35. The molecule has 4 N–H and O–H groups in total. The Morgan fingerprint density at radius 3 is 3.16 bits per heavy atom. The molecule has 9 heteroatoms. The van der Waals surface area contributed by atoms with Gasteiger partial charge in [0.2, 0.25) is 5.95 Å². The van der Waals surface area contributed by atoms with E-state index < -0.39 is 30.7 Å². The number of H-pyrrole nitrogens is 1. The normalized spacial score (nSPS) is 27.2. The van der Waals surface area contributed by atoms with Crippen molar-refractivity contribution in [1.29, 1.82) is 0 Å². The summed E-state index contributed by atoms with van der Waals surface area (Å²) < 4.78 is 20.4. The number of anilines is 1. The Morgan fingerprint density at radius 2 is 2.47 bits per heavy atom. The number of nitrogens with zero attached hydrogens (tertiary/aromatic N) is 3. The Balaban J connectivity index is 2.05. The lowest BCUT2D eigenvalue weighted by atomic mass is 10.2. The highest BCUT2D eigenvalue weighted by molar-refractivity contribution is 5.70. The number of fused-ring (bicyclic) bond motifs is 1. The first-order chi connectivity index (χ1) is 9.10. The third-order valence-corrected chi connectivity index (χ3v) is 3.10. The first kappa shape index (κ1) is 12.1. The van der Waals surface area contributed by atoms with Gasteiger partial charge in [0.15, 0.2) is 11.2 Å². The minimum absolute atomic E-state index is 0.0484. The number of halogens is 1. The van der Waals surface area contributed by atoms with Crippen LogP contribution in [-0.2, 0) is 4.74 Å². The Morgan fingerprint density at radius 1 is 1.68 bits per heavy atom. The molecule has 1 aliphatic heterocycles. The van der Waals surface area contributed by atoms with Crippen LogP contribution >= 0.6 is 0 Å². The number of nitrogen functional groups attached to an aromatic ring is 1. The minimum atomic E-state index is -1.27. The van der Waals surface area contributed by atoms with Crippen molar-refractivity contribution in [3.05, 3.63) is 16.7 Å². The monoisotopic (exact) mass is 269 g/mol. The number of aliphatic hydroxyl groups excluding tert-OH is 1. The highest BCUT2D eigenvalue weighted by Crippen LogP contribution is 2.31. The molecular weight excluding hydrogens is 257 g/mol. The summed E-state index contributed by atoms with van der Waals surface area (Å²) in [4.78, 5) is 21.8. The average Bonchev–Trinajstić information content (AvgIpc) is 2.92. The molecule has 1 saturated heterocycles. The topological polar surface area (TPSA) is 119 Å². The number of hydrogen-bond acceptors (Lipinski definition) is 6. The highest BCUT2D eigenvalue weighted by Gasteiger charge is 2.36. The quantitative estimate of drug-likeness (QED) is 0.664. The van der Waals surface area contributed by atoms with Crippen LogP contribution in [0.1, 0.15) is 12.6 Å². The standard InChI is InChI=1S/C10H12FN5O3/c11-4-1-6(19-5(4)2-17)16-3-13-7-8(16)14-10(12)15-9(7)18/h3-6,17H,1-2H2,(H3,12,14,15,18)/t4?,5-,6-/m1/s1.